The molecular formula is C15H29NOS. The summed E-state index contributed by atoms with van der Waals surface area (Å²) in [6.07, 6.45) is 9.80. The Morgan fingerprint density at radius 2 is 1.83 bits per heavy atom. The van der Waals surface area contributed by atoms with Gasteiger partial charge in [-0.25, -0.2) is 0 Å². The first kappa shape index (κ1) is 14.7. The van der Waals surface area contributed by atoms with Crippen molar-refractivity contribution < 1.29 is 4.74 Å². The fourth-order valence-corrected chi connectivity index (χ4v) is 4.75. The van der Waals surface area contributed by atoms with Gasteiger partial charge in [-0.15, -0.1) is 0 Å². The molecule has 0 amide bonds. The van der Waals surface area contributed by atoms with Gasteiger partial charge in [0.05, 0.1) is 0 Å². The Hall–Kier alpha value is 0.270. The lowest BCUT2D eigenvalue weighted by Gasteiger charge is -2.32. The van der Waals surface area contributed by atoms with Crippen molar-refractivity contribution in [1.82, 2.24) is 5.32 Å². The van der Waals surface area contributed by atoms with Gasteiger partial charge in [-0.2, -0.15) is 11.8 Å². The van der Waals surface area contributed by atoms with Crippen LogP contribution in [-0.2, 0) is 4.74 Å². The van der Waals surface area contributed by atoms with Crippen LogP contribution < -0.4 is 5.32 Å². The number of thioether (sulfide) groups is 1. The van der Waals surface area contributed by atoms with Gasteiger partial charge in [0, 0.05) is 30.3 Å². The second kappa shape index (κ2) is 8.44. The molecule has 1 aliphatic heterocycles. The minimum absolute atomic E-state index is 0.714. The SMILES string of the molecule is CCNC(CSC1CCCCC1)C1CCOCC1. The van der Waals surface area contributed by atoms with Gasteiger partial charge < -0.3 is 10.1 Å². The first-order valence-corrected chi connectivity index (χ1v) is 8.87. The van der Waals surface area contributed by atoms with Crippen LogP contribution in [0.15, 0.2) is 0 Å². The lowest BCUT2D eigenvalue weighted by atomic mass is 9.93. The van der Waals surface area contributed by atoms with Gasteiger partial charge in [0.15, 0.2) is 0 Å². The van der Waals surface area contributed by atoms with Gasteiger partial charge in [-0.3, -0.25) is 0 Å². The molecule has 1 saturated carbocycles. The quantitative estimate of drug-likeness (QED) is 0.799. The molecular weight excluding hydrogens is 242 g/mol. The summed E-state index contributed by atoms with van der Waals surface area (Å²) in [6.45, 7) is 5.28. The molecule has 0 aromatic carbocycles. The monoisotopic (exact) mass is 271 g/mol. The van der Waals surface area contributed by atoms with Crippen LogP contribution in [0.2, 0.25) is 0 Å². The standard InChI is InChI=1S/C15H29NOS/c1-2-16-15(13-8-10-17-11-9-13)12-18-14-6-4-3-5-7-14/h13-16H,2-12H2,1H3. The predicted molar refractivity (Wildman–Crippen MR) is 80.3 cm³/mol. The molecule has 3 heteroatoms. The number of ether oxygens (including phenoxy) is 1. The summed E-state index contributed by atoms with van der Waals surface area (Å²) in [4.78, 5) is 0. The first-order chi connectivity index (χ1) is 8.90. The molecule has 2 rings (SSSR count). The molecule has 0 aromatic rings. The third kappa shape index (κ3) is 4.75. The van der Waals surface area contributed by atoms with Crippen molar-refractivity contribution >= 4 is 11.8 Å². The molecule has 2 nitrogen and oxygen atoms in total. The molecule has 1 N–H and O–H groups in total. The average Bonchev–Trinajstić information content (AvgIpc) is 2.45. The van der Waals surface area contributed by atoms with E-state index in [-0.39, 0.29) is 0 Å². The van der Waals surface area contributed by atoms with Crippen molar-refractivity contribution in [3.63, 3.8) is 0 Å². The van der Waals surface area contributed by atoms with E-state index in [0.29, 0.717) is 6.04 Å². The fourth-order valence-electron chi connectivity index (χ4n) is 3.21. The predicted octanol–water partition coefficient (Wildman–Crippen LogP) is 3.46. The van der Waals surface area contributed by atoms with Gasteiger partial charge >= 0.3 is 0 Å². The summed E-state index contributed by atoms with van der Waals surface area (Å²) in [5.74, 6) is 2.15. The average molecular weight is 271 g/mol. The van der Waals surface area contributed by atoms with Crippen LogP contribution in [0.3, 0.4) is 0 Å². The zero-order valence-electron chi connectivity index (χ0n) is 11.8. The van der Waals surface area contributed by atoms with Crippen LogP contribution >= 0.6 is 11.8 Å². The van der Waals surface area contributed by atoms with Crippen LogP contribution in [0.25, 0.3) is 0 Å². The van der Waals surface area contributed by atoms with E-state index in [1.807, 2.05) is 0 Å². The second-order valence-electron chi connectivity index (χ2n) is 5.71. The highest BCUT2D eigenvalue weighted by Gasteiger charge is 2.24. The van der Waals surface area contributed by atoms with Crippen molar-refractivity contribution in [2.45, 2.75) is 63.2 Å². The molecule has 0 aromatic heterocycles. The number of hydrogen-bond donors (Lipinski definition) is 1. The first-order valence-electron chi connectivity index (χ1n) is 7.83. The molecule has 0 spiro atoms. The fraction of sp³-hybridized carbons (Fsp3) is 1.00. The van der Waals surface area contributed by atoms with Gasteiger partial charge in [0.25, 0.3) is 0 Å². The molecule has 106 valence electrons. The Balaban J connectivity index is 1.73. The highest BCUT2D eigenvalue weighted by atomic mass is 32.2. The lowest BCUT2D eigenvalue weighted by Crippen LogP contribution is -2.41. The maximum atomic E-state index is 5.49. The third-order valence-electron chi connectivity index (χ3n) is 4.36. The highest BCUT2D eigenvalue weighted by Crippen LogP contribution is 2.30. The highest BCUT2D eigenvalue weighted by molar-refractivity contribution is 7.99. The third-order valence-corrected chi connectivity index (χ3v) is 5.86. The van der Waals surface area contributed by atoms with Gasteiger partial charge in [0.1, 0.15) is 0 Å². The Morgan fingerprint density at radius 3 is 2.50 bits per heavy atom. The van der Waals surface area contributed by atoms with E-state index < -0.39 is 0 Å². The van der Waals surface area contributed by atoms with Crippen molar-refractivity contribution in [2.24, 2.45) is 5.92 Å². The molecule has 1 aliphatic carbocycles. The van der Waals surface area contributed by atoms with Gasteiger partial charge in [0.2, 0.25) is 0 Å². The Bertz CT molecular complexity index is 213. The molecule has 2 fully saturated rings. The maximum Gasteiger partial charge on any atom is 0.0469 e. The summed E-state index contributed by atoms with van der Waals surface area (Å²) in [7, 11) is 0. The smallest absolute Gasteiger partial charge is 0.0469 e. The van der Waals surface area contributed by atoms with E-state index in [4.69, 9.17) is 4.74 Å². The van der Waals surface area contributed by atoms with E-state index in [1.54, 1.807) is 0 Å². The van der Waals surface area contributed by atoms with E-state index in [0.717, 1.165) is 30.9 Å². The van der Waals surface area contributed by atoms with Crippen molar-refractivity contribution in [3.05, 3.63) is 0 Å². The van der Waals surface area contributed by atoms with Crippen LogP contribution in [0.4, 0.5) is 0 Å². The van der Waals surface area contributed by atoms with E-state index in [2.05, 4.69) is 24.0 Å². The van der Waals surface area contributed by atoms with Crippen LogP contribution in [0.1, 0.15) is 51.9 Å². The van der Waals surface area contributed by atoms with E-state index >= 15 is 0 Å². The summed E-state index contributed by atoms with van der Waals surface area (Å²) in [5.41, 5.74) is 0. The summed E-state index contributed by atoms with van der Waals surface area (Å²) >= 11 is 2.24. The normalized spacial score (nSPS) is 25.2. The number of rotatable bonds is 6. The minimum atomic E-state index is 0.714. The molecule has 1 atom stereocenters. The summed E-state index contributed by atoms with van der Waals surface area (Å²) in [5, 5.41) is 4.66. The van der Waals surface area contributed by atoms with Crippen LogP contribution in [0, 0.1) is 5.92 Å². The summed E-state index contributed by atoms with van der Waals surface area (Å²) < 4.78 is 5.49. The molecule has 1 unspecified atom stereocenters. The molecule has 0 radical (unpaired) electrons. The molecule has 1 heterocycles. The Kier molecular flexibility index (Phi) is 6.88. The Morgan fingerprint density at radius 1 is 1.11 bits per heavy atom. The number of nitrogens with one attached hydrogen (secondary N) is 1. The number of hydrogen-bond acceptors (Lipinski definition) is 3. The zero-order chi connectivity index (χ0) is 12.6. The molecule has 18 heavy (non-hydrogen) atoms. The Labute approximate surface area is 117 Å². The summed E-state index contributed by atoms with van der Waals surface area (Å²) in [6, 6.07) is 0.714. The topological polar surface area (TPSA) is 21.3 Å². The van der Waals surface area contributed by atoms with Crippen molar-refractivity contribution in [3.8, 4) is 0 Å². The van der Waals surface area contributed by atoms with E-state index in [9.17, 15) is 0 Å². The minimum Gasteiger partial charge on any atom is -0.381 e. The van der Waals surface area contributed by atoms with Crippen molar-refractivity contribution in [2.75, 3.05) is 25.5 Å². The largest absolute Gasteiger partial charge is 0.381 e. The van der Waals surface area contributed by atoms with Crippen molar-refractivity contribution in [1.29, 1.82) is 0 Å². The maximum absolute atomic E-state index is 5.49. The molecule has 2 aliphatic rings. The zero-order valence-corrected chi connectivity index (χ0v) is 12.6. The van der Waals surface area contributed by atoms with Gasteiger partial charge in [-0.1, -0.05) is 26.2 Å². The van der Waals surface area contributed by atoms with Crippen LogP contribution in [0.5, 0.6) is 0 Å². The molecule has 1 saturated heterocycles. The second-order valence-corrected chi connectivity index (χ2v) is 7.04. The van der Waals surface area contributed by atoms with Crippen LogP contribution in [-0.4, -0.2) is 36.8 Å². The van der Waals surface area contributed by atoms with E-state index in [1.165, 1.54) is 50.7 Å². The molecule has 0 bridgehead atoms. The lowest BCUT2D eigenvalue weighted by molar-refractivity contribution is 0.0567. The van der Waals surface area contributed by atoms with Gasteiger partial charge in [-0.05, 0) is 38.1 Å².